The number of amides is 5. The molecule has 1 saturated carbocycles. The van der Waals surface area contributed by atoms with E-state index in [0.717, 1.165) is 19.3 Å². The van der Waals surface area contributed by atoms with E-state index < -0.39 is 55.0 Å². The second-order valence-electron chi connectivity index (χ2n) is 12.4. The van der Waals surface area contributed by atoms with Crippen molar-refractivity contribution in [1.82, 2.24) is 35.1 Å². The molecule has 0 radical (unpaired) electrons. The summed E-state index contributed by atoms with van der Waals surface area (Å²) in [7, 11) is 0. The zero-order chi connectivity index (χ0) is 34.4. The van der Waals surface area contributed by atoms with Crippen LogP contribution in [-0.2, 0) is 19.2 Å². The summed E-state index contributed by atoms with van der Waals surface area (Å²) in [4.78, 5) is 80.1. The van der Waals surface area contributed by atoms with Gasteiger partial charge in [-0.2, -0.15) is 5.10 Å². The van der Waals surface area contributed by atoms with Crippen molar-refractivity contribution in [2.24, 2.45) is 0 Å². The molecule has 2 aromatic rings. The van der Waals surface area contributed by atoms with Crippen molar-refractivity contribution in [2.75, 3.05) is 32.8 Å². The Morgan fingerprint density at radius 2 is 1.73 bits per heavy atom. The minimum Gasteiger partial charge on any atom is -0.481 e. The Morgan fingerprint density at radius 3 is 2.38 bits per heavy atom. The maximum atomic E-state index is 13.5. The molecule has 3 heterocycles. The van der Waals surface area contributed by atoms with Crippen molar-refractivity contribution < 1.29 is 43.7 Å². The normalized spacial score (nSPS) is 20.1. The number of nitrogens with one attached hydrogen (secondary N) is 2. The topological polar surface area (TPSA) is 204 Å². The molecule has 16 nitrogen and oxygen atoms in total. The van der Waals surface area contributed by atoms with Crippen molar-refractivity contribution in [3.8, 4) is 11.6 Å². The van der Waals surface area contributed by atoms with E-state index in [9.17, 15) is 39.0 Å². The number of carboxylic acids is 1. The van der Waals surface area contributed by atoms with E-state index in [4.69, 9.17) is 4.74 Å². The van der Waals surface area contributed by atoms with E-state index in [1.807, 2.05) is 0 Å². The van der Waals surface area contributed by atoms with Crippen LogP contribution in [0.15, 0.2) is 36.4 Å². The van der Waals surface area contributed by atoms with Gasteiger partial charge in [0.15, 0.2) is 12.3 Å². The van der Waals surface area contributed by atoms with Gasteiger partial charge in [0.1, 0.15) is 12.1 Å². The van der Waals surface area contributed by atoms with Gasteiger partial charge in [0, 0.05) is 50.7 Å². The molecule has 3 fully saturated rings. The Hall–Kier alpha value is -5.15. The fraction of sp³-hybridized carbons (Fsp3) is 0.531. The van der Waals surface area contributed by atoms with Crippen molar-refractivity contribution in [3.63, 3.8) is 0 Å². The first-order valence-corrected chi connectivity index (χ1v) is 16.2. The number of carboxylic acid groups (broad SMARTS) is 2. The molecule has 4 N–H and O–H groups in total. The second kappa shape index (κ2) is 15.2. The predicted octanol–water partition coefficient (Wildman–Crippen LogP) is 1.08. The summed E-state index contributed by atoms with van der Waals surface area (Å²) < 4.78 is 7.24. The van der Waals surface area contributed by atoms with Crippen LogP contribution in [0.1, 0.15) is 62.4 Å². The van der Waals surface area contributed by atoms with Crippen LogP contribution in [0, 0.1) is 0 Å². The summed E-state index contributed by atoms with van der Waals surface area (Å²) >= 11 is 0. The summed E-state index contributed by atoms with van der Waals surface area (Å²) in [6, 6.07) is 7.95. The van der Waals surface area contributed by atoms with Gasteiger partial charge < -0.3 is 40.3 Å². The number of benzene rings is 1. The highest BCUT2D eigenvalue weighted by Crippen LogP contribution is 2.24. The Labute approximate surface area is 277 Å². The fourth-order valence-corrected chi connectivity index (χ4v) is 6.16. The molecule has 1 aromatic carbocycles. The highest BCUT2D eigenvalue weighted by atomic mass is 16.5. The van der Waals surface area contributed by atoms with E-state index in [2.05, 4.69) is 15.7 Å². The number of aliphatic carboxylic acids is 1. The molecule has 0 bridgehead atoms. The third-order valence-electron chi connectivity index (χ3n) is 9.02. The summed E-state index contributed by atoms with van der Waals surface area (Å²) in [6.07, 6.45) is 2.50. The lowest BCUT2D eigenvalue weighted by Gasteiger charge is -2.39. The number of carbonyl (C=O) groups excluding carboxylic acids is 4. The van der Waals surface area contributed by atoms with Gasteiger partial charge in [-0.15, -0.1) is 0 Å². The third kappa shape index (κ3) is 8.04. The van der Waals surface area contributed by atoms with Crippen molar-refractivity contribution in [2.45, 2.75) is 76.0 Å². The molecule has 1 aromatic heterocycles. The molecule has 0 spiro atoms. The number of rotatable bonds is 12. The number of carbonyl (C=O) groups is 6. The number of piperazine rings is 1. The minimum atomic E-state index is -1.22. The van der Waals surface area contributed by atoms with Crippen LogP contribution >= 0.6 is 0 Å². The average molecular weight is 668 g/mol. The number of hydrogen-bond acceptors (Lipinski definition) is 8. The molecule has 5 rings (SSSR count). The highest BCUT2D eigenvalue weighted by molar-refractivity contribution is 5.96. The SMILES string of the molecule is C[C@H]1CN(C(=O)[C@H](CCC(=O)O)NC(=O)c2cc(OCC(=O)N3CCC[C@H]3C(=O)NC3CCC3)n(-c3ccccc3)n2)CCN1C(=O)O. The number of hydrogen-bond donors (Lipinski definition) is 4. The van der Waals surface area contributed by atoms with Gasteiger partial charge in [-0.1, -0.05) is 18.2 Å². The van der Waals surface area contributed by atoms with Crippen molar-refractivity contribution in [1.29, 1.82) is 0 Å². The molecular formula is C32H41N7O9. The van der Waals surface area contributed by atoms with Crippen LogP contribution in [0.4, 0.5) is 4.79 Å². The Bertz CT molecular complexity index is 1530. The molecule has 2 saturated heterocycles. The van der Waals surface area contributed by atoms with E-state index in [-0.39, 0.29) is 55.5 Å². The molecule has 48 heavy (non-hydrogen) atoms. The van der Waals surface area contributed by atoms with E-state index >= 15 is 0 Å². The van der Waals surface area contributed by atoms with E-state index in [0.29, 0.717) is 25.1 Å². The number of aromatic nitrogens is 2. The second-order valence-corrected chi connectivity index (χ2v) is 12.4. The zero-order valence-electron chi connectivity index (χ0n) is 26.7. The zero-order valence-corrected chi connectivity index (χ0v) is 26.7. The standard InChI is InChI=1S/C32H41N7O9/c1-20-18-36(15-16-37(20)32(46)47)31(45)23(12-13-28(41)42)34-29(43)24-17-27(39(35-24)22-9-3-2-4-10-22)48-19-26(40)38-14-6-11-25(38)30(44)33-21-7-5-8-21/h2-4,9-10,17,20-21,23,25H,5-8,11-16,18-19H2,1H3,(H,33,44)(H,34,43)(H,41,42)(H,46,47)/t20-,23-,25-/m0/s1. The fourth-order valence-electron chi connectivity index (χ4n) is 6.16. The molecule has 2 aliphatic heterocycles. The lowest BCUT2D eigenvalue weighted by atomic mass is 9.93. The molecule has 5 amide bonds. The van der Waals surface area contributed by atoms with Crippen LogP contribution in [0.5, 0.6) is 5.88 Å². The predicted molar refractivity (Wildman–Crippen MR) is 168 cm³/mol. The number of nitrogens with zero attached hydrogens (tertiary/aromatic N) is 5. The van der Waals surface area contributed by atoms with Crippen LogP contribution in [-0.4, -0.2) is 127 Å². The summed E-state index contributed by atoms with van der Waals surface area (Å²) in [5.74, 6) is -2.93. The molecule has 3 atom stereocenters. The molecule has 1 aliphatic carbocycles. The molecule has 258 valence electrons. The minimum absolute atomic E-state index is 0.0707. The van der Waals surface area contributed by atoms with Gasteiger partial charge in [-0.05, 0) is 57.6 Å². The van der Waals surface area contributed by atoms with Crippen LogP contribution in [0.25, 0.3) is 5.69 Å². The van der Waals surface area contributed by atoms with Gasteiger partial charge in [0.25, 0.3) is 11.8 Å². The Kier molecular flexibility index (Phi) is 10.8. The molecule has 3 aliphatic rings. The first kappa shape index (κ1) is 34.2. The monoisotopic (exact) mass is 667 g/mol. The lowest BCUT2D eigenvalue weighted by Crippen LogP contribution is -2.58. The van der Waals surface area contributed by atoms with E-state index in [1.54, 1.807) is 37.3 Å². The van der Waals surface area contributed by atoms with Crippen molar-refractivity contribution >= 4 is 35.7 Å². The molecule has 16 heteroatoms. The van der Waals surface area contributed by atoms with Crippen molar-refractivity contribution in [3.05, 3.63) is 42.1 Å². The lowest BCUT2D eigenvalue weighted by molar-refractivity contribution is -0.140. The number of likely N-dealkylation sites (tertiary alicyclic amines) is 1. The van der Waals surface area contributed by atoms with Gasteiger partial charge in [0.2, 0.25) is 17.7 Å². The third-order valence-corrected chi connectivity index (χ3v) is 9.02. The quantitative estimate of drug-likeness (QED) is 0.254. The summed E-state index contributed by atoms with van der Waals surface area (Å²) in [5, 5.41) is 28.7. The number of para-hydroxylation sites is 1. The first-order chi connectivity index (χ1) is 23.0. The maximum absolute atomic E-state index is 13.5. The molecule has 0 unspecified atom stereocenters. The van der Waals surface area contributed by atoms with Gasteiger partial charge in [-0.3, -0.25) is 24.0 Å². The number of ether oxygens (including phenoxy) is 1. The van der Waals surface area contributed by atoms with Crippen LogP contribution in [0.3, 0.4) is 0 Å². The summed E-state index contributed by atoms with van der Waals surface area (Å²) in [6.45, 7) is 1.92. The summed E-state index contributed by atoms with van der Waals surface area (Å²) in [5.41, 5.74) is 0.388. The van der Waals surface area contributed by atoms with Gasteiger partial charge in [0.05, 0.1) is 5.69 Å². The van der Waals surface area contributed by atoms with Gasteiger partial charge >= 0.3 is 12.1 Å². The largest absolute Gasteiger partial charge is 0.481 e. The van der Waals surface area contributed by atoms with Crippen LogP contribution in [0.2, 0.25) is 0 Å². The average Bonchev–Trinajstić information content (AvgIpc) is 3.71. The Morgan fingerprint density at radius 1 is 0.979 bits per heavy atom. The maximum Gasteiger partial charge on any atom is 0.407 e. The highest BCUT2D eigenvalue weighted by Gasteiger charge is 2.37. The van der Waals surface area contributed by atoms with E-state index in [1.165, 1.54) is 25.4 Å². The smallest absolute Gasteiger partial charge is 0.407 e. The molecular weight excluding hydrogens is 626 g/mol. The Balaban J connectivity index is 1.30. The van der Waals surface area contributed by atoms with Crippen LogP contribution < -0.4 is 15.4 Å². The first-order valence-electron chi connectivity index (χ1n) is 16.2. The van der Waals surface area contributed by atoms with Gasteiger partial charge in [-0.25, -0.2) is 9.48 Å².